The zero-order chi connectivity index (χ0) is 27.2. The van der Waals surface area contributed by atoms with Gasteiger partial charge in [-0.15, -0.1) is 0 Å². The first kappa shape index (κ1) is 27.9. The first-order valence-electron chi connectivity index (χ1n) is 12.1. The summed E-state index contributed by atoms with van der Waals surface area (Å²) in [5.41, 5.74) is 5.11. The number of hydrogen-bond donors (Lipinski definition) is 4. The molecule has 0 aromatic heterocycles. The van der Waals surface area contributed by atoms with E-state index in [1.807, 2.05) is 38.1 Å². The highest BCUT2D eigenvalue weighted by Crippen LogP contribution is 2.25. The van der Waals surface area contributed by atoms with Gasteiger partial charge in [0, 0.05) is 12.2 Å². The third-order valence-corrected chi connectivity index (χ3v) is 7.62. The van der Waals surface area contributed by atoms with Crippen LogP contribution in [0.2, 0.25) is 0 Å². The molecule has 0 aliphatic carbocycles. The molecule has 3 aromatic rings. The Hall–Kier alpha value is -3.69. The van der Waals surface area contributed by atoms with Crippen LogP contribution in [0.4, 0.5) is 10.5 Å². The number of rotatable bonds is 10. The molecule has 0 heterocycles. The van der Waals surface area contributed by atoms with E-state index in [2.05, 4.69) is 15.4 Å². The van der Waals surface area contributed by atoms with E-state index in [-0.39, 0.29) is 17.3 Å². The fourth-order valence-electron chi connectivity index (χ4n) is 4.29. The maximum absolute atomic E-state index is 13.1. The average molecular weight is 524 g/mol. The number of aliphatic carboxylic acids is 1. The predicted molar refractivity (Wildman–Crippen MR) is 145 cm³/mol. The zero-order valence-corrected chi connectivity index (χ0v) is 22.3. The summed E-state index contributed by atoms with van der Waals surface area (Å²) in [6.45, 7) is 7.85. The maximum atomic E-state index is 13.1. The minimum atomic E-state index is -4.06. The molecule has 37 heavy (non-hydrogen) atoms. The third kappa shape index (κ3) is 7.41. The molecule has 0 aliphatic rings. The number of sulfonamides is 1. The first-order valence-corrected chi connectivity index (χ1v) is 13.6. The Bertz CT molecular complexity index is 1360. The Morgan fingerprint density at radius 3 is 2.16 bits per heavy atom. The number of carboxylic acid groups (broad SMARTS) is 1. The molecule has 3 rings (SSSR count). The second kappa shape index (κ2) is 12.0. The Morgan fingerprint density at radius 2 is 1.57 bits per heavy atom. The quantitative estimate of drug-likeness (QED) is 0.304. The molecule has 4 N–H and O–H groups in total. The van der Waals surface area contributed by atoms with Crippen molar-refractivity contribution in [3.8, 4) is 11.1 Å². The SMILES string of the molecule is CCCNC(=O)Nc1ccc(-c2cccc(C[C@H](NS(=O)(=O)c3c(C)cc(C)cc3C)C(=O)O)c2)cc1. The molecule has 0 fully saturated rings. The molecule has 3 aromatic carbocycles. The van der Waals surface area contributed by atoms with Gasteiger partial charge in [-0.1, -0.05) is 61.0 Å². The topological polar surface area (TPSA) is 125 Å². The van der Waals surface area contributed by atoms with Crippen LogP contribution in [0.3, 0.4) is 0 Å². The number of anilines is 1. The lowest BCUT2D eigenvalue weighted by Gasteiger charge is -2.18. The summed E-state index contributed by atoms with van der Waals surface area (Å²) in [5.74, 6) is -1.26. The number of amides is 2. The average Bonchev–Trinajstić information content (AvgIpc) is 2.82. The number of carbonyl (C=O) groups is 2. The smallest absolute Gasteiger partial charge is 0.322 e. The molecule has 8 nitrogen and oxygen atoms in total. The van der Waals surface area contributed by atoms with Crippen molar-refractivity contribution in [1.29, 1.82) is 0 Å². The van der Waals surface area contributed by atoms with Crippen molar-refractivity contribution in [1.82, 2.24) is 10.0 Å². The van der Waals surface area contributed by atoms with Crippen molar-refractivity contribution in [3.05, 3.63) is 82.9 Å². The number of benzene rings is 3. The van der Waals surface area contributed by atoms with Gasteiger partial charge in [0.05, 0.1) is 4.90 Å². The van der Waals surface area contributed by atoms with Crippen LogP contribution in [-0.2, 0) is 21.2 Å². The van der Waals surface area contributed by atoms with E-state index in [1.54, 1.807) is 50.2 Å². The van der Waals surface area contributed by atoms with Gasteiger partial charge >= 0.3 is 12.0 Å². The van der Waals surface area contributed by atoms with E-state index in [9.17, 15) is 23.1 Å². The fraction of sp³-hybridized carbons (Fsp3) is 0.286. The second-order valence-corrected chi connectivity index (χ2v) is 10.8. The van der Waals surface area contributed by atoms with Gasteiger partial charge in [0.25, 0.3) is 0 Å². The Balaban J connectivity index is 1.77. The second-order valence-electron chi connectivity index (χ2n) is 9.10. The third-order valence-electron chi connectivity index (χ3n) is 5.85. The molecule has 0 saturated carbocycles. The van der Waals surface area contributed by atoms with E-state index in [4.69, 9.17) is 0 Å². The summed E-state index contributed by atoms with van der Waals surface area (Å²) in [6.07, 6.45) is 0.821. The Morgan fingerprint density at radius 1 is 0.919 bits per heavy atom. The molecule has 0 unspecified atom stereocenters. The lowest BCUT2D eigenvalue weighted by Crippen LogP contribution is -2.42. The van der Waals surface area contributed by atoms with E-state index < -0.39 is 22.0 Å². The summed E-state index contributed by atoms with van der Waals surface area (Å²) >= 11 is 0. The highest BCUT2D eigenvalue weighted by Gasteiger charge is 2.28. The Labute approximate surface area is 218 Å². The summed E-state index contributed by atoms with van der Waals surface area (Å²) < 4.78 is 28.7. The number of nitrogens with one attached hydrogen (secondary N) is 3. The monoisotopic (exact) mass is 523 g/mol. The van der Waals surface area contributed by atoms with Crippen molar-refractivity contribution in [3.63, 3.8) is 0 Å². The molecule has 0 saturated heterocycles. The molecule has 2 amide bonds. The summed E-state index contributed by atoms with van der Waals surface area (Å²) in [5, 5.41) is 15.3. The van der Waals surface area contributed by atoms with Crippen LogP contribution in [0.15, 0.2) is 65.6 Å². The van der Waals surface area contributed by atoms with Crippen LogP contribution in [0, 0.1) is 20.8 Å². The summed E-state index contributed by atoms with van der Waals surface area (Å²) in [6, 6.07) is 16.5. The highest BCUT2D eigenvalue weighted by molar-refractivity contribution is 7.89. The van der Waals surface area contributed by atoms with Crippen LogP contribution in [0.25, 0.3) is 11.1 Å². The molecule has 0 bridgehead atoms. The normalized spacial score (nSPS) is 12.1. The van der Waals surface area contributed by atoms with Crippen LogP contribution in [0.1, 0.15) is 35.6 Å². The molecule has 0 spiro atoms. The molecule has 0 aliphatic heterocycles. The summed E-state index contributed by atoms with van der Waals surface area (Å²) in [7, 11) is -4.06. The van der Waals surface area contributed by atoms with Gasteiger partial charge in [-0.2, -0.15) is 4.72 Å². The van der Waals surface area contributed by atoms with Crippen LogP contribution in [-0.4, -0.2) is 38.1 Å². The minimum absolute atomic E-state index is 0.0242. The van der Waals surface area contributed by atoms with Crippen LogP contribution < -0.4 is 15.4 Å². The van der Waals surface area contributed by atoms with Gasteiger partial charge in [0.2, 0.25) is 10.0 Å². The molecule has 196 valence electrons. The van der Waals surface area contributed by atoms with Crippen molar-refractivity contribution in [2.24, 2.45) is 0 Å². The highest BCUT2D eigenvalue weighted by atomic mass is 32.2. The van der Waals surface area contributed by atoms with Gasteiger partial charge < -0.3 is 15.7 Å². The maximum Gasteiger partial charge on any atom is 0.322 e. The van der Waals surface area contributed by atoms with Gasteiger partial charge in [-0.3, -0.25) is 4.79 Å². The number of carbonyl (C=O) groups excluding carboxylic acids is 1. The molecule has 9 heteroatoms. The molecular formula is C28H33N3O5S. The van der Waals surface area contributed by atoms with Crippen molar-refractivity contribution in [2.45, 2.75) is 51.5 Å². The van der Waals surface area contributed by atoms with Gasteiger partial charge in [-0.25, -0.2) is 13.2 Å². The van der Waals surface area contributed by atoms with Crippen LogP contribution >= 0.6 is 0 Å². The van der Waals surface area contributed by atoms with Crippen LogP contribution in [0.5, 0.6) is 0 Å². The predicted octanol–water partition coefficient (Wildman–Crippen LogP) is 4.78. The Kier molecular flexibility index (Phi) is 9.07. The van der Waals surface area contributed by atoms with Crippen molar-refractivity contribution in [2.75, 3.05) is 11.9 Å². The van der Waals surface area contributed by atoms with Gasteiger partial charge in [0.1, 0.15) is 6.04 Å². The largest absolute Gasteiger partial charge is 0.480 e. The zero-order valence-electron chi connectivity index (χ0n) is 21.5. The minimum Gasteiger partial charge on any atom is -0.480 e. The van der Waals surface area contributed by atoms with E-state index in [0.717, 1.165) is 23.1 Å². The lowest BCUT2D eigenvalue weighted by atomic mass is 9.99. The van der Waals surface area contributed by atoms with E-state index in [1.165, 1.54) is 0 Å². The van der Waals surface area contributed by atoms with Crippen molar-refractivity contribution < 1.29 is 23.1 Å². The standard InChI is InChI=1S/C28H33N3O5S/c1-5-13-29-28(34)30-24-11-9-22(10-12-24)23-8-6-7-21(16-23)17-25(27(32)33)31-37(35,36)26-19(3)14-18(2)15-20(26)4/h6-12,14-16,25,31H,5,13,17H2,1-4H3,(H,32,33)(H2,29,30,34)/t25-/m0/s1. The fourth-order valence-corrected chi connectivity index (χ4v) is 5.93. The summed E-state index contributed by atoms with van der Waals surface area (Å²) in [4.78, 5) is 24.0. The van der Waals surface area contributed by atoms with Gasteiger partial charge in [-0.05, 0) is 73.6 Å². The number of urea groups is 1. The first-order chi connectivity index (χ1) is 17.5. The molecule has 0 radical (unpaired) electrons. The molecule has 1 atom stereocenters. The molecular weight excluding hydrogens is 490 g/mol. The van der Waals surface area contributed by atoms with E-state index >= 15 is 0 Å². The number of aryl methyl sites for hydroxylation is 3. The van der Waals surface area contributed by atoms with Crippen molar-refractivity contribution >= 4 is 27.7 Å². The number of carboxylic acids is 1. The number of hydrogen-bond acceptors (Lipinski definition) is 4. The van der Waals surface area contributed by atoms with E-state index in [0.29, 0.717) is 28.9 Å². The lowest BCUT2D eigenvalue weighted by molar-refractivity contribution is -0.138. The van der Waals surface area contributed by atoms with Gasteiger partial charge in [0.15, 0.2) is 0 Å².